The third kappa shape index (κ3) is 8.42. The van der Waals surface area contributed by atoms with Crippen molar-refractivity contribution in [3.63, 3.8) is 0 Å². The van der Waals surface area contributed by atoms with E-state index in [1.165, 1.54) is 12.0 Å². The van der Waals surface area contributed by atoms with Crippen LogP contribution in [0.4, 0.5) is 4.79 Å². The largest absolute Gasteiger partial charge is 0.461 e. The van der Waals surface area contributed by atoms with Crippen molar-refractivity contribution in [2.75, 3.05) is 19.8 Å². The third-order valence-electron chi connectivity index (χ3n) is 7.42. The highest BCUT2D eigenvalue weighted by atomic mass is 31.2. The van der Waals surface area contributed by atoms with Gasteiger partial charge in [0.25, 0.3) is 11.8 Å². The van der Waals surface area contributed by atoms with Crippen molar-refractivity contribution in [1.29, 1.82) is 0 Å². The molecular weight excluding hydrogens is 583 g/mol. The van der Waals surface area contributed by atoms with Crippen molar-refractivity contribution in [3.8, 4) is 0 Å². The minimum atomic E-state index is -3.66. The van der Waals surface area contributed by atoms with Gasteiger partial charge in [-0.2, -0.15) is 0 Å². The average molecular weight is 621 g/mol. The topological polar surface area (TPSA) is 128 Å². The number of unbranched alkanes of at least 4 members (excludes halogenated alkanes) is 1. The van der Waals surface area contributed by atoms with Gasteiger partial charge >= 0.3 is 12.1 Å². The van der Waals surface area contributed by atoms with Gasteiger partial charge in [-0.25, -0.2) is 4.79 Å². The highest BCUT2D eigenvalue weighted by molar-refractivity contribution is 7.59. The molecule has 1 aliphatic rings. The Labute approximate surface area is 257 Å². The number of ether oxygens (including phenoxy) is 2. The molecule has 0 saturated carbocycles. The molecule has 0 aliphatic carbocycles. The van der Waals surface area contributed by atoms with Crippen molar-refractivity contribution in [3.05, 3.63) is 107 Å². The summed E-state index contributed by atoms with van der Waals surface area (Å²) in [6.45, 7) is 1.86. The molecule has 1 aliphatic heterocycles. The molecule has 232 valence electrons. The average Bonchev–Trinajstić information content (AvgIpc) is 3.29. The molecule has 4 rings (SSSR count). The van der Waals surface area contributed by atoms with E-state index in [1.807, 2.05) is 60.7 Å². The van der Waals surface area contributed by atoms with Crippen LogP contribution in [-0.2, 0) is 36.6 Å². The molecule has 3 amide bonds. The second kappa shape index (κ2) is 15.5. The maximum absolute atomic E-state index is 14.2. The molecule has 0 radical (unpaired) electrons. The van der Waals surface area contributed by atoms with Crippen LogP contribution in [0.3, 0.4) is 0 Å². The summed E-state index contributed by atoms with van der Waals surface area (Å²) in [4.78, 5) is 52.3. The summed E-state index contributed by atoms with van der Waals surface area (Å²) in [5, 5.41) is 2.69. The highest BCUT2D eigenvalue weighted by Gasteiger charge is 2.39. The number of carbonyl (C=O) groups is 4. The molecule has 10 nitrogen and oxygen atoms in total. The van der Waals surface area contributed by atoms with E-state index in [4.69, 9.17) is 14.0 Å². The highest BCUT2D eigenvalue weighted by Crippen LogP contribution is 2.53. The number of hydrogen-bond acceptors (Lipinski definition) is 8. The molecule has 0 aromatic heterocycles. The molecule has 3 atom stereocenters. The fraction of sp³-hybridized carbons (Fsp3) is 0.333. The Balaban J connectivity index is 1.39. The lowest BCUT2D eigenvalue weighted by Crippen LogP contribution is -2.37. The fourth-order valence-electron chi connectivity index (χ4n) is 4.97. The van der Waals surface area contributed by atoms with Crippen molar-refractivity contribution in [1.82, 2.24) is 10.2 Å². The Bertz CT molecular complexity index is 1460. The first kappa shape index (κ1) is 32.6. The zero-order valence-electron chi connectivity index (χ0n) is 24.8. The second-order valence-electron chi connectivity index (χ2n) is 10.6. The Morgan fingerprint density at radius 2 is 1.32 bits per heavy atom. The van der Waals surface area contributed by atoms with Crippen LogP contribution < -0.4 is 5.32 Å². The smallest absolute Gasteiger partial charge is 0.408 e. The molecule has 0 saturated heterocycles. The molecule has 3 aromatic rings. The van der Waals surface area contributed by atoms with Crippen LogP contribution >= 0.6 is 7.37 Å². The third-order valence-corrected chi connectivity index (χ3v) is 10.4. The van der Waals surface area contributed by atoms with Gasteiger partial charge in [-0.1, -0.05) is 79.7 Å². The van der Waals surface area contributed by atoms with E-state index in [2.05, 4.69) is 5.32 Å². The molecule has 0 spiro atoms. The van der Waals surface area contributed by atoms with Crippen molar-refractivity contribution in [2.45, 2.75) is 45.2 Å². The number of nitrogens with one attached hydrogen (secondary N) is 1. The van der Waals surface area contributed by atoms with Gasteiger partial charge in [0.15, 0.2) is 0 Å². The SMILES string of the molecule is COP(=O)(CC(C)C(=O)OCc1ccccc1)C(CCCCN1C(=O)c2ccccc2C1=O)NC(=O)OCc1ccccc1. The summed E-state index contributed by atoms with van der Waals surface area (Å²) in [7, 11) is -2.38. The van der Waals surface area contributed by atoms with Crippen LogP contribution in [0.5, 0.6) is 0 Å². The quantitative estimate of drug-likeness (QED) is 0.0947. The van der Waals surface area contributed by atoms with Gasteiger partial charge < -0.3 is 19.3 Å². The van der Waals surface area contributed by atoms with Gasteiger partial charge in [0.05, 0.1) is 17.0 Å². The molecule has 1 N–H and O–H groups in total. The first-order chi connectivity index (χ1) is 21.2. The lowest BCUT2D eigenvalue weighted by atomic mass is 10.1. The van der Waals surface area contributed by atoms with Gasteiger partial charge in [0.2, 0.25) is 7.37 Å². The van der Waals surface area contributed by atoms with Crippen molar-refractivity contribution >= 4 is 31.2 Å². The van der Waals surface area contributed by atoms with E-state index in [0.717, 1.165) is 11.1 Å². The molecule has 0 bridgehead atoms. The number of amides is 3. The van der Waals surface area contributed by atoms with Crippen LogP contribution in [0.2, 0.25) is 0 Å². The van der Waals surface area contributed by atoms with Crippen molar-refractivity contribution < 1.29 is 37.7 Å². The van der Waals surface area contributed by atoms with Crippen LogP contribution in [0.1, 0.15) is 58.0 Å². The number of fused-ring (bicyclic) bond motifs is 1. The Hall–Kier alpha value is -4.27. The summed E-state index contributed by atoms with van der Waals surface area (Å²) in [5.41, 5.74) is 2.34. The number of imide groups is 1. The van der Waals surface area contributed by atoms with Gasteiger partial charge in [0, 0.05) is 19.8 Å². The number of esters is 1. The number of alkyl carbamates (subject to hydrolysis) is 1. The minimum Gasteiger partial charge on any atom is -0.461 e. The van der Waals surface area contributed by atoms with Crippen LogP contribution in [0.25, 0.3) is 0 Å². The summed E-state index contributed by atoms with van der Waals surface area (Å²) >= 11 is 0. The van der Waals surface area contributed by atoms with Crippen LogP contribution in [0.15, 0.2) is 84.9 Å². The maximum Gasteiger partial charge on any atom is 0.408 e. The van der Waals surface area contributed by atoms with Crippen molar-refractivity contribution in [2.24, 2.45) is 5.92 Å². The molecule has 11 heteroatoms. The number of carbonyl (C=O) groups excluding carboxylic acids is 4. The number of hydrogen-bond donors (Lipinski definition) is 1. The molecule has 0 fully saturated rings. The summed E-state index contributed by atoms with van der Waals surface area (Å²) < 4.78 is 30.5. The Kier molecular flexibility index (Phi) is 11.5. The molecule has 3 unspecified atom stereocenters. The monoisotopic (exact) mass is 620 g/mol. The first-order valence-electron chi connectivity index (χ1n) is 14.5. The van der Waals surface area contributed by atoms with E-state index >= 15 is 0 Å². The normalized spacial score (nSPS) is 15.2. The minimum absolute atomic E-state index is 0.0125. The standard InChI is InChI=1S/C33H37N2O8P/c1-24(32(38)42-21-25-13-5-3-6-14-25)23-44(40,41-2)29(34-33(39)43-22-26-15-7-4-8-16-26)19-11-12-20-35-30(36)27-17-9-10-18-28(27)31(35)37/h3-10,13-18,24,29H,11-12,19-23H2,1-2H3,(H,34,39). The maximum atomic E-state index is 14.2. The summed E-state index contributed by atoms with van der Waals surface area (Å²) in [5.74, 6) is -3.01. The molecular formula is C33H37N2O8P. The van der Waals surface area contributed by atoms with E-state index in [-0.39, 0.29) is 44.2 Å². The van der Waals surface area contributed by atoms with Crippen LogP contribution in [0, 0.1) is 5.92 Å². The van der Waals surface area contributed by atoms with E-state index in [1.54, 1.807) is 31.2 Å². The van der Waals surface area contributed by atoms with Gasteiger partial charge in [0.1, 0.15) is 19.0 Å². The molecule has 3 aromatic carbocycles. The molecule has 44 heavy (non-hydrogen) atoms. The lowest BCUT2D eigenvalue weighted by Gasteiger charge is -2.28. The number of rotatable bonds is 15. The number of nitrogens with zero attached hydrogens (tertiary/aromatic N) is 1. The summed E-state index contributed by atoms with van der Waals surface area (Å²) in [6, 6.07) is 25.0. The van der Waals surface area contributed by atoms with E-state index < -0.39 is 31.1 Å². The number of benzene rings is 3. The fourth-order valence-corrected chi connectivity index (χ4v) is 7.42. The van der Waals surface area contributed by atoms with E-state index in [9.17, 15) is 23.7 Å². The summed E-state index contributed by atoms with van der Waals surface area (Å²) in [6.07, 6.45) is 0.0497. The van der Waals surface area contributed by atoms with Gasteiger partial charge in [-0.05, 0) is 42.5 Å². The zero-order valence-corrected chi connectivity index (χ0v) is 25.7. The Morgan fingerprint density at radius 3 is 1.86 bits per heavy atom. The second-order valence-corrected chi connectivity index (χ2v) is 13.4. The Morgan fingerprint density at radius 1 is 0.795 bits per heavy atom. The predicted molar refractivity (Wildman–Crippen MR) is 164 cm³/mol. The zero-order chi connectivity index (χ0) is 31.5. The van der Waals surface area contributed by atoms with Gasteiger partial charge in [-0.3, -0.25) is 23.8 Å². The molecule has 1 heterocycles. The van der Waals surface area contributed by atoms with E-state index in [0.29, 0.717) is 24.0 Å². The van der Waals surface area contributed by atoms with Crippen LogP contribution in [-0.4, -0.2) is 54.4 Å². The first-order valence-corrected chi connectivity index (χ1v) is 16.4. The van der Waals surface area contributed by atoms with Gasteiger partial charge in [-0.15, -0.1) is 0 Å². The lowest BCUT2D eigenvalue weighted by molar-refractivity contribution is -0.148. The predicted octanol–water partition coefficient (Wildman–Crippen LogP) is 6.01.